The maximum Gasteiger partial charge on any atom is 0.0773 e. The highest BCUT2D eigenvalue weighted by molar-refractivity contribution is 9.10. The van der Waals surface area contributed by atoms with E-state index < -0.39 is 0 Å². The van der Waals surface area contributed by atoms with Gasteiger partial charge in [0.15, 0.2) is 0 Å². The van der Waals surface area contributed by atoms with Gasteiger partial charge in [0.05, 0.1) is 28.1 Å². The van der Waals surface area contributed by atoms with E-state index in [0.717, 1.165) is 30.5 Å². The molecule has 0 aromatic carbocycles. The van der Waals surface area contributed by atoms with Crippen LogP contribution < -0.4 is 0 Å². The molecule has 2 aromatic rings. The summed E-state index contributed by atoms with van der Waals surface area (Å²) in [6, 6.07) is 0.516. The van der Waals surface area contributed by atoms with Crippen LogP contribution in [-0.4, -0.2) is 37.6 Å². The molecule has 0 amide bonds. The van der Waals surface area contributed by atoms with Crippen molar-refractivity contribution in [3.8, 4) is 0 Å². The fraction of sp³-hybridized carbons (Fsp3) is 0.571. The topological polar surface area (TPSA) is 38.9 Å². The number of hydrogen-bond donors (Lipinski definition) is 0. The van der Waals surface area contributed by atoms with Crippen LogP contribution in [0.5, 0.6) is 0 Å². The van der Waals surface area contributed by atoms with Crippen LogP contribution in [0, 0.1) is 0 Å². The number of hydrogen-bond acceptors (Lipinski definition) is 3. The third kappa shape index (κ3) is 2.02. The van der Waals surface area contributed by atoms with E-state index in [9.17, 15) is 0 Å². The van der Waals surface area contributed by atoms with Gasteiger partial charge in [0, 0.05) is 32.9 Å². The maximum absolute atomic E-state index is 4.65. The second-order valence-electron chi connectivity index (χ2n) is 5.84. The van der Waals surface area contributed by atoms with E-state index in [2.05, 4.69) is 53.6 Å². The molecule has 0 atom stereocenters. The Bertz CT molecular complexity index is 638. The summed E-state index contributed by atoms with van der Waals surface area (Å²) in [4.78, 5) is 2.48. The van der Waals surface area contributed by atoms with E-state index >= 15 is 0 Å². The lowest BCUT2D eigenvalue weighted by atomic mass is 10.1. The van der Waals surface area contributed by atoms with Gasteiger partial charge >= 0.3 is 0 Å². The molecule has 2 aromatic heterocycles. The first-order chi connectivity index (χ1) is 9.70. The van der Waals surface area contributed by atoms with Crippen molar-refractivity contribution >= 4 is 15.9 Å². The first-order valence-corrected chi connectivity index (χ1v) is 7.95. The van der Waals surface area contributed by atoms with Gasteiger partial charge in [-0.25, -0.2) is 0 Å². The van der Waals surface area contributed by atoms with Gasteiger partial charge in [0.25, 0.3) is 0 Å². The number of nitrogens with zero attached hydrogens (tertiary/aromatic N) is 5. The Labute approximate surface area is 126 Å². The Hall–Kier alpha value is -1.14. The van der Waals surface area contributed by atoms with Crippen LogP contribution in [0.1, 0.15) is 29.4 Å². The van der Waals surface area contributed by atoms with Crippen LogP contribution in [0.3, 0.4) is 0 Å². The summed E-state index contributed by atoms with van der Waals surface area (Å²) < 4.78 is 5.20. The van der Waals surface area contributed by atoms with E-state index in [0.29, 0.717) is 6.04 Å². The molecule has 1 aliphatic carbocycles. The lowest BCUT2D eigenvalue weighted by Gasteiger charge is -2.39. The van der Waals surface area contributed by atoms with Gasteiger partial charge in [-0.1, -0.05) is 0 Å². The van der Waals surface area contributed by atoms with Gasteiger partial charge in [-0.15, -0.1) is 0 Å². The Morgan fingerprint density at radius 1 is 1.35 bits per heavy atom. The molecule has 0 radical (unpaired) electrons. The highest BCUT2D eigenvalue weighted by atomic mass is 79.9. The van der Waals surface area contributed by atoms with Crippen molar-refractivity contribution in [2.75, 3.05) is 13.1 Å². The lowest BCUT2D eigenvalue weighted by molar-refractivity contribution is 0.0879. The highest BCUT2D eigenvalue weighted by Crippen LogP contribution is 2.28. The molecule has 106 valence electrons. The summed E-state index contributed by atoms with van der Waals surface area (Å²) in [7, 11) is 2.08. The molecule has 5 nitrogen and oxygen atoms in total. The van der Waals surface area contributed by atoms with Crippen LogP contribution in [0.4, 0.5) is 0 Å². The standard InChI is InChI=1S/C14H18BrN5/c1-18-14(12-3-2-4-13(12)17-18)9-19-7-11(8-19)20-6-10(15)5-16-20/h5-6,11H,2-4,7-9H2,1H3. The van der Waals surface area contributed by atoms with Crippen molar-refractivity contribution in [1.82, 2.24) is 24.5 Å². The first-order valence-electron chi connectivity index (χ1n) is 7.16. The van der Waals surface area contributed by atoms with Gasteiger partial charge in [-0.2, -0.15) is 10.2 Å². The third-order valence-electron chi connectivity index (χ3n) is 4.45. The van der Waals surface area contributed by atoms with Crippen LogP contribution in [-0.2, 0) is 26.4 Å². The molecule has 0 N–H and O–H groups in total. The van der Waals surface area contributed by atoms with E-state index in [-0.39, 0.29) is 0 Å². The number of likely N-dealkylation sites (tertiary alicyclic amines) is 1. The summed E-state index contributed by atoms with van der Waals surface area (Å²) in [6.07, 6.45) is 7.56. The molecule has 1 saturated heterocycles. The second-order valence-corrected chi connectivity index (χ2v) is 6.75. The molecule has 1 fully saturated rings. The van der Waals surface area contributed by atoms with Gasteiger partial charge in [0.1, 0.15) is 0 Å². The van der Waals surface area contributed by atoms with Gasteiger partial charge in [-0.05, 0) is 40.8 Å². The normalized spacial score (nSPS) is 19.3. The summed E-state index contributed by atoms with van der Waals surface area (Å²) in [5.74, 6) is 0. The van der Waals surface area contributed by atoms with Gasteiger partial charge in [-0.3, -0.25) is 14.3 Å². The summed E-state index contributed by atoms with van der Waals surface area (Å²) >= 11 is 3.45. The number of halogens is 1. The SMILES string of the molecule is Cn1nc2c(c1CN1CC(n3cc(Br)cn3)C1)CCC2. The van der Waals surface area contributed by atoms with Crippen LogP contribution >= 0.6 is 15.9 Å². The predicted molar refractivity (Wildman–Crippen MR) is 79.5 cm³/mol. The van der Waals surface area contributed by atoms with E-state index in [4.69, 9.17) is 0 Å². The fourth-order valence-corrected chi connectivity index (χ4v) is 3.65. The zero-order valence-electron chi connectivity index (χ0n) is 11.6. The Balaban J connectivity index is 1.43. The molecule has 20 heavy (non-hydrogen) atoms. The zero-order valence-corrected chi connectivity index (χ0v) is 13.2. The molecule has 6 heteroatoms. The van der Waals surface area contributed by atoms with Crippen LogP contribution in [0.2, 0.25) is 0 Å². The minimum Gasteiger partial charge on any atom is -0.293 e. The van der Waals surface area contributed by atoms with Crippen LogP contribution in [0.25, 0.3) is 0 Å². The minimum atomic E-state index is 0.516. The lowest BCUT2D eigenvalue weighted by Crippen LogP contribution is -2.47. The van der Waals surface area contributed by atoms with Crippen molar-refractivity contribution in [2.24, 2.45) is 7.05 Å². The van der Waals surface area contributed by atoms with E-state index in [1.807, 2.05) is 6.20 Å². The molecule has 2 aliphatic rings. The third-order valence-corrected chi connectivity index (χ3v) is 4.86. The molecule has 3 heterocycles. The monoisotopic (exact) mass is 335 g/mol. The number of rotatable bonds is 3. The van der Waals surface area contributed by atoms with Crippen molar-refractivity contribution in [3.05, 3.63) is 33.8 Å². The van der Waals surface area contributed by atoms with Crippen molar-refractivity contribution in [2.45, 2.75) is 31.8 Å². The van der Waals surface area contributed by atoms with Gasteiger partial charge < -0.3 is 0 Å². The van der Waals surface area contributed by atoms with Gasteiger partial charge in [0.2, 0.25) is 0 Å². The van der Waals surface area contributed by atoms with E-state index in [1.54, 1.807) is 0 Å². The predicted octanol–water partition coefficient (Wildman–Crippen LogP) is 1.92. The van der Waals surface area contributed by atoms with E-state index in [1.165, 1.54) is 29.8 Å². The number of aromatic nitrogens is 4. The Morgan fingerprint density at radius 2 is 2.20 bits per heavy atom. The molecule has 4 rings (SSSR count). The molecule has 0 saturated carbocycles. The largest absolute Gasteiger partial charge is 0.293 e. The fourth-order valence-electron chi connectivity index (χ4n) is 3.35. The first kappa shape index (κ1) is 12.6. The van der Waals surface area contributed by atoms with Crippen molar-refractivity contribution < 1.29 is 0 Å². The summed E-state index contributed by atoms with van der Waals surface area (Å²) in [6.45, 7) is 3.18. The molecule has 0 bridgehead atoms. The quantitative estimate of drug-likeness (QED) is 0.860. The summed E-state index contributed by atoms with van der Waals surface area (Å²) in [5.41, 5.74) is 4.26. The smallest absolute Gasteiger partial charge is 0.0773 e. The second kappa shape index (κ2) is 4.70. The maximum atomic E-state index is 4.65. The zero-order chi connectivity index (χ0) is 13.7. The van der Waals surface area contributed by atoms with Crippen molar-refractivity contribution in [3.63, 3.8) is 0 Å². The molecular weight excluding hydrogens is 318 g/mol. The van der Waals surface area contributed by atoms with Crippen LogP contribution in [0.15, 0.2) is 16.9 Å². The molecule has 1 aliphatic heterocycles. The highest BCUT2D eigenvalue weighted by Gasteiger charge is 2.31. The molecule has 0 spiro atoms. The molecule has 0 unspecified atom stereocenters. The van der Waals surface area contributed by atoms with Crippen molar-refractivity contribution in [1.29, 1.82) is 0 Å². The summed E-state index contributed by atoms with van der Waals surface area (Å²) in [5, 5.41) is 9.02. The average molecular weight is 336 g/mol. The Kier molecular flexibility index (Phi) is 2.96. The number of fused-ring (bicyclic) bond motifs is 1. The Morgan fingerprint density at radius 3 is 2.95 bits per heavy atom. The minimum absolute atomic E-state index is 0.516. The molecular formula is C14H18BrN5. The average Bonchev–Trinajstić information content (AvgIpc) is 3.02. The number of aryl methyl sites for hydroxylation is 2.